The zero-order valence-corrected chi connectivity index (χ0v) is 30.1. The summed E-state index contributed by atoms with van der Waals surface area (Å²) in [5, 5.41) is 23.5. The lowest BCUT2D eigenvalue weighted by atomic mass is 9.83. The van der Waals surface area contributed by atoms with Crippen molar-refractivity contribution in [1.29, 1.82) is 0 Å². The number of rotatable bonds is 10. The number of carboxylic acids is 1. The number of benzene rings is 3. The van der Waals surface area contributed by atoms with Crippen LogP contribution in [0, 0.1) is 29.4 Å². The number of hydrogen-bond acceptors (Lipinski definition) is 6. The van der Waals surface area contributed by atoms with Gasteiger partial charge in [0, 0.05) is 29.4 Å². The highest BCUT2D eigenvalue weighted by molar-refractivity contribution is 6.74. The molecule has 0 spiro atoms. The number of carbonyl (C=O) groups is 3. The smallest absolute Gasteiger partial charge is 0.419 e. The van der Waals surface area contributed by atoms with E-state index in [2.05, 4.69) is 40.6 Å². The zero-order valence-electron chi connectivity index (χ0n) is 29.1. The number of nitrogens with one attached hydrogen (secondary N) is 2. The molecule has 2 aliphatic rings. The summed E-state index contributed by atoms with van der Waals surface area (Å²) in [5.41, 5.74) is -0.499. The first-order valence-electron chi connectivity index (χ1n) is 16.7. The van der Waals surface area contributed by atoms with E-state index in [0.29, 0.717) is 30.7 Å². The highest BCUT2D eigenvalue weighted by Crippen LogP contribution is 2.53. The molecule has 16 heteroatoms. The van der Waals surface area contributed by atoms with Crippen molar-refractivity contribution in [3.63, 3.8) is 0 Å². The molecular weight excluding hydrogens is 718 g/mol. The van der Waals surface area contributed by atoms with Crippen LogP contribution >= 0.6 is 0 Å². The Labute approximate surface area is 302 Å². The normalized spacial score (nSPS) is 20.4. The molecule has 4 aromatic rings. The number of fused-ring (bicyclic) bond motifs is 2. The Bertz CT molecular complexity index is 2130. The van der Waals surface area contributed by atoms with E-state index >= 15 is 0 Å². The predicted molar refractivity (Wildman–Crippen MR) is 188 cm³/mol. The van der Waals surface area contributed by atoms with Gasteiger partial charge in [-0.2, -0.15) is 13.2 Å². The Morgan fingerprint density at radius 3 is 2.40 bits per heavy atom. The summed E-state index contributed by atoms with van der Waals surface area (Å²) in [6, 6.07) is 8.87. The minimum Gasteiger partial charge on any atom is -0.496 e. The molecule has 1 aromatic heterocycles. The van der Waals surface area contributed by atoms with E-state index in [-0.39, 0.29) is 39.6 Å². The molecule has 2 aliphatic carbocycles. The number of ether oxygens (including phenoxy) is 1. The molecule has 1 heterocycles. The maximum Gasteiger partial charge on any atom is 0.419 e. The Morgan fingerprint density at radius 1 is 1.00 bits per heavy atom. The molecular formula is C37H36F5N5O5Si. The second-order valence-corrected chi connectivity index (χ2v) is 19.9. The van der Waals surface area contributed by atoms with Crippen LogP contribution in [0.5, 0.6) is 5.75 Å². The fourth-order valence-corrected chi connectivity index (χ4v) is 8.44. The van der Waals surface area contributed by atoms with Crippen LogP contribution in [-0.4, -0.2) is 59.1 Å². The van der Waals surface area contributed by atoms with Crippen molar-refractivity contribution >= 4 is 37.6 Å². The summed E-state index contributed by atoms with van der Waals surface area (Å²) in [6.07, 6.45) is 0.483. The third-order valence-electron chi connectivity index (χ3n) is 9.51. The lowest BCUT2D eigenvalue weighted by Crippen LogP contribution is -2.48. The van der Waals surface area contributed by atoms with Gasteiger partial charge in [0.1, 0.15) is 23.1 Å². The third-order valence-corrected chi connectivity index (χ3v) is 10.8. The van der Waals surface area contributed by atoms with Gasteiger partial charge in [-0.1, -0.05) is 36.5 Å². The second-order valence-electron chi connectivity index (χ2n) is 14.5. The van der Waals surface area contributed by atoms with Gasteiger partial charge in [-0.15, -0.1) is 5.10 Å². The molecule has 0 saturated heterocycles. The number of hydrogen-bond donors (Lipinski definition) is 3. The maximum atomic E-state index is 14.9. The summed E-state index contributed by atoms with van der Waals surface area (Å²) in [6.45, 7) is 6.56. The minimum absolute atomic E-state index is 0.0276. The van der Waals surface area contributed by atoms with Crippen LogP contribution in [0.15, 0.2) is 66.4 Å². The topological polar surface area (TPSA) is 135 Å². The first-order chi connectivity index (χ1) is 24.9. The number of aromatic carboxylic acids is 1. The largest absolute Gasteiger partial charge is 0.496 e. The van der Waals surface area contributed by atoms with Crippen LogP contribution < -0.4 is 15.4 Å². The molecule has 3 unspecified atom stereocenters. The van der Waals surface area contributed by atoms with Gasteiger partial charge in [0.15, 0.2) is 0 Å². The van der Waals surface area contributed by atoms with Gasteiger partial charge in [-0.3, -0.25) is 14.3 Å². The molecule has 0 aliphatic heterocycles. The van der Waals surface area contributed by atoms with E-state index in [1.807, 2.05) is 6.08 Å². The molecule has 53 heavy (non-hydrogen) atoms. The summed E-state index contributed by atoms with van der Waals surface area (Å²) < 4.78 is 76.7. The molecule has 2 amide bonds. The van der Waals surface area contributed by atoms with Crippen molar-refractivity contribution in [3.05, 3.63) is 100 Å². The van der Waals surface area contributed by atoms with Crippen molar-refractivity contribution < 1.29 is 46.2 Å². The van der Waals surface area contributed by atoms with Gasteiger partial charge in [0.05, 0.1) is 44.0 Å². The number of aromatic nitrogens is 3. The van der Waals surface area contributed by atoms with Crippen LogP contribution in [0.2, 0.25) is 19.6 Å². The highest BCUT2D eigenvalue weighted by atomic mass is 28.3. The van der Waals surface area contributed by atoms with Crippen molar-refractivity contribution in [2.75, 3.05) is 12.4 Å². The van der Waals surface area contributed by atoms with E-state index in [4.69, 9.17) is 4.74 Å². The number of anilines is 1. The van der Waals surface area contributed by atoms with Crippen LogP contribution in [-0.2, 0) is 17.1 Å². The Kier molecular flexibility index (Phi) is 10.0. The Morgan fingerprint density at radius 2 is 1.72 bits per heavy atom. The number of amides is 2. The van der Waals surface area contributed by atoms with Crippen LogP contribution in [0.1, 0.15) is 44.8 Å². The highest BCUT2D eigenvalue weighted by Gasteiger charge is 2.55. The number of carbonyl (C=O) groups excluding carboxylic acids is 2. The molecule has 4 atom stereocenters. The van der Waals surface area contributed by atoms with Gasteiger partial charge in [0.25, 0.3) is 5.91 Å². The van der Waals surface area contributed by atoms with E-state index in [1.54, 1.807) is 10.9 Å². The average Bonchev–Trinajstić information content (AvgIpc) is 3.77. The van der Waals surface area contributed by atoms with Crippen LogP contribution in [0.4, 0.5) is 27.6 Å². The first-order valence-corrected chi connectivity index (χ1v) is 20.5. The van der Waals surface area contributed by atoms with E-state index in [9.17, 15) is 41.4 Å². The molecule has 2 saturated carbocycles. The van der Waals surface area contributed by atoms with E-state index in [0.717, 1.165) is 36.0 Å². The summed E-state index contributed by atoms with van der Waals surface area (Å²) >= 11 is 0. The molecule has 3 N–H and O–H groups in total. The summed E-state index contributed by atoms with van der Waals surface area (Å²) in [4.78, 5) is 39.7. The zero-order chi connectivity index (χ0) is 38.4. The fourth-order valence-electron chi connectivity index (χ4n) is 7.31. The van der Waals surface area contributed by atoms with Crippen molar-refractivity contribution in [2.45, 2.75) is 50.9 Å². The molecule has 278 valence electrons. The molecule has 10 nitrogen and oxygen atoms in total. The lowest BCUT2D eigenvalue weighted by molar-refractivity contribution is -0.140. The van der Waals surface area contributed by atoms with Gasteiger partial charge in [0.2, 0.25) is 5.91 Å². The third kappa shape index (κ3) is 7.87. The molecule has 6 rings (SSSR count). The van der Waals surface area contributed by atoms with Crippen molar-refractivity contribution in [3.8, 4) is 16.9 Å². The lowest BCUT2D eigenvalue weighted by Gasteiger charge is -2.30. The summed E-state index contributed by atoms with van der Waals surface area (Å²) in [7, 11) is -0.212. The average molecular weight is 754 g/mol. The Hall–Kier alpha value is -5.38. The number of halogens is 5. The molecule has 3 aromatic carbocycles. The number of alkyl halides is 3. The Balaban J connectivity index is 1.36. The van der Waals surface area contributed by atoms with Crippen molar-refractivity contribution in [2.24, 2.45) is 17.8 Å². The number of carboxylic acid groups (broad SMARTS) is 1. The van der Waals surface area contributed by atoms with Gasteiger partial charge >= 0.3 is 12.1 Å². The number of methoxy groups -OCH3 is 1. The quantitative estimate of drug-likeness (QED) is 0.114. The van der Waals surface area contributed by atoms with E-state index < -0.39 is 67.1 Å². The van der Waals surface area contributed by atoms with Gasteiger partial charge in [-0.05, 0) is 78.9 Å². The van der Waals surface area contributed by atoms with Crippen molar-refractivity contribution in [1.82, 2.24) is 20.3 Å². The molecule has 0 radical (unpaired) electrons. The fraction of sp³-hybridized carbons (Fsp3) is 0.324. The number of nitrogens with zero attached hydrogens (tertiary/aromatic N) is 3. The summed E-state index contributed by atoms with van der Waals surface area (Å²) in [5.74, 6) is -6.49. The van der Waals surface area contributed by atoms with Crippen LogP contribution in [0.3, 0.4) is 0 Å². The second kappa shape index (κ2) is 14.2. The molecule has 2 fully saturated rings. The van der Waals surface area contributed by atoms with Crippen LogP contribution in [0.25, 0.3) is 17.2 Å². The van der Waals surface area contributed by atoms with Gasteiger partial charge < -0.3 is 20.5 Å². The standard InChI is InChI=1S/C37H36F5N5O5Si/c1-52-31-12-6-19(25-14-20(36(50)51)5-10-29(25)38)13-27(31)34(48)44-33-24-9-8-23(26(24)15-22-17-47(46-45-22)18-53(2,3)4)32(33)35(49)43-21-7-11-30(39)28(16-21)37(40,41)42/h5-7,10-17,23-24,32-33H,8-9,18H2,1-4H3,(H,43,49)(H,44,48)(H,50,51)/b26-15-/t23?,24?,32-,33?/m0/s1. The first kappa shape index (κ1) is 37.4. The predicted octanol–water partition coefficient (Wildman–Crippen LogP) is 7.30. The molecule has 2 bridgehead atoms. The van der Waals surface area contributed by atoms with Gasteiger partial charge in [-0.25, -0.2) is 13.6 Å². The SMILES string of the molecule is COc1ccc(-c2cc(C(=O)O)ccc2F)cc1C(=O)NC1C2CCC(/C2=C/c2cn(C[Si](C)(C)C)nn2)[C@@H]1C(=O)Nc1ccc(F)c(C(F)(F)F)c1. The minimum atomic E-state index is -5.00. The monoisotopic (exact) mass is 753 g/mol. The van der Waals surface area contributed by atoms with E-state index in [1.165, 1.54) is 25.3 Å². The maximum absolute atomic E-state index is 14.9.